The third kappa shape index (κ3) is 4.67. The Morgan fingerprint density at radius 1 is 0.962 bits per heavy atom. The molecule has 2 aromatic carbocycles. The first-order chi connectivity index (χ1) is 12.6. The maximum Gasteiger partial charge on any atom is 0.269 e. The molecule has 0 fully saturated rings. The van der Waals surface area contributed by atoms with Gasteiger partial charge in [0.1, 0.15) is 17.3 Å². The number of rotatable bonds is 8. The van der Waals surface area contributed by atoms with Crippen LogP contribution in [0.25, 0.3) is 11.3 Å². The van der Waals surface area contributed by atoms with E-state index < -0.39 is 4.92 Å². The van der Waals surface area contributed by atoms with Gasteiger partial charge < -0.3 is 15.1 Å². The van der Waals surface area contributed by atoms with Crippen molar-refractivity contribution in [2.75, 3.05) is 18.4 Å². The molecule has 0 radical (unpaired) electrons. The third-order valence-electron chi connectivity index (χ3n) is 3.80. The van der Waals surface area contributed by atoms with Gasteiger partial charge in [-0.3, -0.25) is 10.1 Å². The Balaban J connectivity index is 1.41. The summed E-state index contributed by atoms with van der Waals surface area (Å²) in [5, 5.41) is 17.0. The summed E-state index contributed by atoms with van der Waals surface area (Å²) in [5.74, 6) is 1.22. The molecule has 0 spiro atoms. The Labute approximate surface area is 149 Å². The molecule has 0 aliphatic carbocycles. The van der Waals surface area contributed by atoms with Gasteiger partial charge in [0, 0.05) is 36.5 Å². The lowest BCUT2D eigenvalue weighted by Crippen LogP contribution is -2.21. The number of non-ortho nitro benzene ring substituents is 1. The predicted octanol–water partition coefficient (Wildman–Crippen LogP) is 4.20. The van der Waals surface area contributed by atoms with E-state index in [1.807, 2.05) is 12.1 Å². The van der Waals surface area contributed by atoms with Crippen molar-refractivity contribution in [1.29, 1.82) is 0 Å². The minimum Gasteiger partial charge on any atom is -0.460 e. The predicted molar refractivity (Wildman–Crippen MR) is 97.4 cm³/mol. The highest BCUT2D eigenvalue weighted by Crippen LogP contribution is 2.22. The average Bonchev–Trinajstić information content (AvgIpc) is 3.11. The first kappa shape index (κ1) is 17.6. The van der Waals surface area contributed by atoms with Crippen LogP contribution in [0.15, 0.2) is 65.1 Å². The lowest BCUT2D eigenvalue weighted by atomic mass is 10.2. The molecular weight excluding hydrogens is 337 g/mol. The molecule has 2 N–H and O–H groups in total. The van der Waals surface area contributed by atoms with Crippen molar-refractivity contribution >= 4 is 11.4 Å². The molecule has 0 saturated carbocycles. The number of furan rings is 1. The SMILES string of the molecule is O=[N+]([O-])c1ccc(NCCNCc2ccc(-c3ccc(F)cc3)o2)cc1. The van der Waals surface area contributed by atoms with Crippen LogP contribution in [0.3, 0.4) is 0 Å². The Kier molecular flexibility index (Phi) is 5.60. The minimum atomic E-state index is -0.422. The Morgan fingerprint density at radius 2 is 1.69 bits per heavy atom. The van der Waals surface area contributed by atoms with E-state index in [0.717, 1.165) is 17.0 Å². The van der Waals surface area contributed by atoms with E-state index in [0.29, 0.717) is 25.4 Å². The van der Waals surface area contributed by atoms with Gasteiger partial charge in [-0.25, -0.2) is 4.39 Å². The highest BCUT2D eigenvalue weighted by Gasteiger charge is 2.05. The van der Waals surface area contributed by atoms with Gasteiger partial charge >= 0.3 is 0 Å². The van der Waals surface area contributed by atoms with Crippen LogP contribution in [0.2, 0.25) is 0 Å². The van der Waals surface area contributed by atoms with E-state index in [9.17, 15) is 14.5 Å². The third-order valence-corrected chi connectivity index (χ3v) is 3.80. The fourth-order valence-electron chi connectivity index (χ4n) is 2.45. The van der Waals surface area contributed by atoms with E-state index in [4.69, 9.17) is 4.42 Å². The van der Waals surface area contributed by atoms with Crippen molar-refractivity contribution in [3.05, 3.63) is 82.4 Å². The van der Waals surface area contributed by atoms with Gasteiger partial charge in [0.05, 0.1) is 11.5 Å². The molecular formula is C19H18FN3O3. The zero-order valence-electron chi connectivity index (χ0n) is 13.9. The van der Waals surface area contributed by atoms with Crippen LogP contribution in [-0.4, -0.2) is 18.0 Å². The van der Waals surface area contributed by atoms with Crippen LogP contribution in [0.1, 0.15) is 5.76 Å². The lowest BCUT2D eigenvalue weighted by Gasteiger charge is -2.07. The highest BCUT2D eigenvalue weighted by molar-refractivity contribution is 5.57. The Hall–Kier alpha value is -3.19. The number of nitrogens with zero attached hydrogens (tertiary/aromatic N) is 1. The van der Waals surface area contributed by atoms with Crippen molar-refractivity contribution in [3.8, 4) is 11.3 Å². The fraction of sp³-hybridized carbons (Fsp3) is 0.158. The van der Waals surface area contributed by atoms with Crippen molar-refractivity contribution in [2.45, 2.75) is 6.54 Å². The number of anilines is 1. The van der Waals surface area contributed by atoms with E-state index in [2.05, 4.69) is 10.6 Å². The van der Waals surface area contributed by atoms with E-state index in [1.54, 1.807) is 24.3 Å². The number of hydrogen-bond acceptors (Lipinski definition) is 5. The smallest absolute Gasteiger partial charge is 0.269 e. The topological polar surface area (TPSA) is 80.3 Å². The molecule has 1 aromatic heterocycles. The van der Waals surface area contributed by atoms with Crippen LogP contribution in [-0.2, 0) is 6.54 Å². The molecule has 0 aliphatic heterocycles. The van der Waals surface area contributed by atoms with Crippen LogP contribution < -0.4 is 10.6 Å². The molecule has 1 heterocycles. The Bertz CT molecular complexity index is 860. The van der Waals surface area contributed by atoms with Gasteiger partial charge in [-0.2, -0.15) is 0 Å². The maximum absolute atomic E-state index is 12.9. The summed E-state index contributed by atoms with van der Waals surface area (Å²) in [6.45, 7) is 1.94. The van der Waals surface area contributed by atoms with Crippen molar-refractivity contribution < 1.29 is 13.7 Å². The summed E-state index contributed by atoms with van der Waals surface area (Å²) in [7, 11) is 0. The van der Waals surface area contributed by atoms with Crippen LogP contribution >= 0.6 is 0 Å². The van der Waals surface area contributed by atoms with Crippen molar-refractivity contribution in [1.82, 2.24) is 5.32 Å². The molecule has 26 heavy (non-hydrogen) atoms. The molecule has 3 rings (SSSR count). The molecule has 0 amide bonds. The summed E-state index contributed by atoms with van der Waals surface area (Å²) in [6, 6.07) is 16.2. The quantitative estimate of drug-likeness (QED) is 0.360. The number of nitro groups is 1. The molecule has 0 bridgehead atoms. The van der Waals surface area contributed by atoms with Gasteiger partial charge in [-0.05, 0) is 48.5 Å². The normalized spacial score (nSPS) is 10.7. The van der Waals surface area contributed by atoms with E-state index >= 15 is 0 Å². The van der Waals surface area contributed by atoms with Crippen LogP contribution in [0.5, 0.6) is 0 Å². The first-order valence-electron chi connectivity index (χ1n) is 8.15. The summed E-state index contributed by atoms with van der Waals surface area (Å²) in [4.78, 5) is 10.2. The summed E-state index contributed by atoms with van der Waals surface area (Å²) >= 11 is 0. The summed E-state index contributed by atoms with van der Waals surface area (Å²) in [6.07, 6.45) is 0. The molecule has 0 saturated heterocycles. The minimum absolute atomic E-state index is 0.0726. The molecule has 134 valence electrons. The number of hydrogen-bond donors (Lipinski definition) is 2. The number of nitro benzene ring substituents is 1. The second kappa shape index (κ2) is 8.26. The molecule has 0 aliphatic rings. The van der Waals surface area contributed by atoms with Crippen LogP contribution in [0.4, 0.5) is 15.8 Å². The molecule has 3 aromatic rings. The molecule has 0 unspecified atom stereocenters. The van der Waals surface area contributed by atoms with Gasteiger partial charge in [0.25, 0.3) is 5.69 Å². The molecule has 6 nitrogen and oxygen atoms in total. The lowest BCUT2D eigenvalue weighted by molar-refractivity contribution is -0.384. The van der Waals surface area contributed by atoms with Gasteiger partial charge in [0.15, 0.2) is 0 Å². The largest absolute Gasteiger partial charge is 0.460 e. The number of nitrogens with one attached hydrogen (secondary N) is 2. The molecule has 7 heteroatoms. The summed E-state index contributed by atoms with van der Waals surface area (Å²) < 4.78 is 18.7. The monoisotopic (exact) mass is 355 g/mol. The summed E-state index contributed by atoms with van der Waals surface area (Å²) in [5.41, 5.74) is 1.73. The van der Waals surface area contributed by atoms with Gasteiger partial charge in [0.2, 0.25) is 0 Å². The van der Waals surface area contributed by atoms with E-state index in [-0.39, 0.29) is 11.5 Å². The van der Waals surface area contributed by atoms with Crippen LogP contribution in [0, 0.1) is 15.9 Å². The zero-order valence-corrected chi connectivity index (χ0v) is 13.9. The van der Waals surface area contributed by atoms with Crippen molar-refractivity contribution in [2.24, 2.45) is 0 Å². The average molecular weight is 355 g/mol. The zero-order chi connectivity index (χ0) is 18.4. The second-order valence-electron chi connectivity index (χ2n) is 5.68. The maximum atomic E-state index is 12.9. The van der Waals surface area contributed by atoms with E-state index in [1.165, 1.54) is 24.3 Å². The Morgan fingerprint density at radius 3 is 2.38 bits per heavy atom. The first-order valence-corrected chi connectivity index (χ1v) is 8.15. The van der Waals surface area contributed by atoms with Gasteiger partial charge in [-0.1, -0.05) is 0 Å². The molecule has 0 atom stereocenters. The van der Waals surface area contributed by atoms with Crippen molar-refractivity contribution in [3.63, 3.8) is 0 Å². The second-order valence-corrected chi connectivity index (χ2v) is 5.68. The number of halogens is 1. The fourth-order valence-corrected chi connectivity index (χ4v) is 2.45. The van der Waals surface area contributed by atoms with Gasteiger partial charge in [-0.15, -0.1) is 0 Å². The highest BCUT2D eigenvalue weighted by atomic mass is 19.1. The number of benzene rings is 2. The standard InChI is InChI=1S/C19H18FN3O3/c20-15-3-1-14(2-4-15)19-10-9-18(26-19)13-21-11-12-22-16-5-7-17(8-6-16)23(24)25/h1-10,21-22H,11-13H2.